The Bertz CT molecular complexity index is 183. The fraction of sp³-hybridized carbons (Fsp3) is 1.00. The van der Waals surface area contributed by atoms with Crippen molar-refractivity contribution in [2.45, 2.75) is 68.5 Å². The van der Waals surface area contributed by atoms with E-state index in [0.717, 1.165) is 17.6 Å². The van der Waals surface area contributed by atoms with Gasteiger partial charge in [0.25, 0.3) is 0 Å². The zero-order chi connectivity index (χ0) is 9.97. The molecule has 0 spiro atoms. The molecule has 2 aliphatic carbocycles. The number of aliphatic hydroxyl groups is 1. The third kappa shape index (κ3) is 2.66. The molecule has 2 heteroatoms. The minimum absolute atomic E-state index is 0.00256. The molecule has 4 atom stereocenters. The van der Waals surface area contributed by atoms with Crippen molar-refractivity contribution in [1.29, 1.82) is 0 Å². The van der Waals surface area contributed by atoms with Crippen LogP contribution in [0.1, 0.15) is 51.9 Å². The fourth-order valence-corrected chi connectivity index (χ4v) is 4.67. The molecule has 4 unspecified atom stereocenters. The Morgan fingerprint density at radius 3 is 2.50 bits per heavy atom. The molecule has 1 N–H and O–H groups in total. The molecule has 1 nitrogen and oxygen atoms in total. The number of hydrogen-bond acceptors (Lipinski definition) is 2. The summed E-state index contributed by atoms with van der Waals surface area (Å²) in [6.07, 6.45) is 9.12. The molecule has 0 aromatic carbocycles. The van der Waals surface area contributed by atoms with Crippen LogP contribution >= 0.6 is 11.8 Å². The van der Waals surface area contributed by atoms with E-state index in [4.69, 9.17) is 0 Å². The Kier molecular flexibility index (Phi) is 3.78. The van der Waals surface area contributed by atoms with Crippen molar-refractivity contribution in [3.05, 3.63) is 0 Å². The average Bonchev–Trinajstić information content (AvgIpc) is 2.52. The molecule has 0 radical (unpaired) electrons. The summed E-state index contributed by atoms with van der Waals surface area (Å²) in [4.78, 5) is 0. The minimum Gasteiger partial charge on any atom is -0.392 e. The summed E-state index contributed by atoms with van der Waals surface area (Å²) < 4.78 is 0. The summed E-state index contributed by atoms with van der Waals surface area (Å²) in [5.41, 5.74) is 0. The van der Waals surface area contributed by atoms with E-state index in [-0.39, 0.29) is 6.10 Å². The predicted octanol–water partition coefficient (Wildman–Crippen LogP) is 3.21. The molecule has 14 heavy (non-hydrogen) atoms. The maximum Gasteiger partial charge on any atom is 0.0658 e. The standard InChI is InChI=1S/C12H22OS/c1-9-4-2-5-10(8-9)14-12-7-3-6-11(12)13/h9-13H,2-8H2,1H3. The third-order valence-electron chi connectivity index (χ3n) is 3.67. The van der Waals surface area contributed by atoms with E-state index in [2.05, 4.69) is 18.7 Å². The number of hydrogen-bond donors (Lipinski definition) is 1. The lowest BCUT2D eigenvalue weighted by atomic mass is 9.91. The molecule has 0 heterocycles. The summed E-state index contributed by atoms with van der Waals surface area (Å²) in [6, 6.07) is 0. The topological polar surface area (TPSA) is 20.2 Å². The van der Waals surface area contributed by atoms with E-state index in [9.17, 15) is 5.11 Å². The second-order valence-electron chi connectivity index (χ2n) is 5.07. The molecule has 82 valence electrons. The van der Waals surface area contributed by atoms with Gasteiger partial charge in [-0.2, -0.15) is 11.8 Å². The van der Waals surface area contributed by atoms with E-state index in [1.807, 2.05) is 0 Å². The first-order valence-electron chi connectivity index (χ1n) is 6.09. The van der Waals surface area contributed by atoms with Crippen LogP contribution < -0.4 is 0 Å². The van der Waals surface area contributed by atoms with Gasteiger partial charge in [-0.1, -0.05) is 19.8 Å². The van der Waals surface area contributed by atoms with Crippen molar-refractivity contribution in [1.82, 2.24) is 0 Å². The second kappa shape index (κ2) is 4.89. The molecule has 2 saturated carbocycles. The Balaban J connectivity index is 1.78. The summed E-state index contributed by atoms with van der Waals surface area (Å²) in [5, 5.41) is 11.2. The maximum absolute atomic E-state index is 9.76. The van der Waals surface area contributed by atoms with Crippen LogP contribution in [0.15, 0.2) is 0 Å². The van der Waals surface area contributed by atoms with Gasteiger partial charge in [0.05, 0.1) is 6.10 Å². The Morgan fingerprint density at radius 1 is 1.07 bits per heavy atom. The zero-order valence-electron chi connectivity index (χ0n) is 9.11. The molecular weight excluding hydrogens is 192 g/mol. The lowest BCUT2D eigenvalue weighted by Crippen LogP contribution is -2.23. The first-order chi connectivity index (χ1) is 6.75. The van der Waals surface area contributed by atoms with Crippen LogP contribution in [0.5, 0.6) is 0 Å². The highest BCUT2D eigenvalue weighted by Gasteiger charge is 2.30. The van der Waals surface area contributed by atoms with Crippen molar-refractivity contribution in [3.63, 3.8) is 0 Å². The Morgan fingerprint density at radius 2 is 1.86 bits per heavy atom. The van der Waals surface area contributed by atoms with Crippen LogP contribution in [0.3, 0.4) is 0 Å². The van der Waals surface area contributed by atoms with Gasteiger partial charge >= 0.3 is 0 Å². The molecule has 0 aromatic heterocycles. The van der Waals surface area contributed by atoms with Crippen LogP contribution in [0.25, 0.3) is 0 Å². The lowest BCUT2D eigenvalue weighted by molar-refractivity contribution is 0.187. The van der Waals surface area contributed by atoms with Crippen molar-refractivity contribution in [2.75, 3.05) is 0 Å². The number of aliphatic hydroxyl groups excluding tert-OH is 1. The van der Waals surface area contributed by atoms with Gasteiger partial charge in [-0.3, -0.25) is 0 Å². The Hall–Kier alpha value is 0.310. The van der Waals surface area contributed by atoms with Crippen LogP contribution in [-0.2, 0) is 0 Å². The van der Waals surface area contributed by atoms with E-state index in [1.165, 1.54) is 38.5 Å². The molecular formula is C12H22OS. The second-order valence-corrected chi connectivity index (χ2v) is 6.61. The van der Waals surface area contributed by atoms with Gasteiger partial charge < -0.3 is 5.11 Å². The van der Waals surface area contributed by atoms with Crippen LogP contribution in [0.4, 0.5) is 0 Å². The number of thioether (sulfide) groups is 1. The fourth-order valence-electron chi connectivity index (χ4n) is 2.81. The van der Waals surface area contributed by atoms with E-state index < -0.39 is 0 Å². The summed E-state index contributed by atoms with van der Waals surface area (Å²) in [7, 11) is 0. The number of rotatable bonds is 2. The quantitative estimate of drug-likeness (QED) is 0.761. The molecule has 2 fully saturated rings. The van der Waals surface area contributed by atoms with Crippen LogP contribution in [0.2, 0.25) is 0 Å². The first-order valence-corrected chi connectivity index (χ1v) is 7.03. The van der Waals surface area contributed by atoms with E-state index in [1.54, 1.807) is 0 Å². The highest BCUT2D eigenvalue weighted by molar-refractivity contribution is 8.00. The van der Waals surface area contributed by atoms with Crippen LogP contribution in [-0.4, -0.2) is 21.7 Å². The third-order valence-corrected chi connectivity index (χ3v) is 5.39. The molecule has 0 saturated heterocycles. The molecule has 2 aliphatic rings. The van der Waals surface area contributed by atoms with Crippen molar-refractivity contribution >= 4 is 11.8 Å². The zero-order valence-corrected chi connectivity index (χ0v) is 9.93. The molecule has 0 aliphatic heterocycles. The SMILES string of the molecule is CC1CCCC(SC2CCCC2O)C1. The monoisotopic (exact) mass is 214 g/mol. The molecule has 0 bridgehead atoms. The van der Waals surface area contributed by atoms with Crippen molar-refractivity contribution in [3.8, 4) is 0 Å². The largest absolute Gasteiger partial charge is 0.392 e. The maximum atomic E-state index is 9.76. The average molecular weight is 214 g/mol. The van der Waals surface area contributed by atoms with Gasteiger partial charge in [-0.05, 0) is 38.0 Å². The first kappa shape index (κ1) is 10.8. The summed E-state index contributed by atoms with van der Waals surface area (Å²) in [6.45, 7) is 2.37. The highest BCUT2D eigenvalue weighted by atomic mass is 32.2. The smallest absolute Gasteiger partial charge is 0.0658 e. The van der Waals surface area contributed by atoms with Gasteiger partial charge in [0.2, 0.25) is 0 Å². The van der Waals surface area contributed by atoms with Gasteiger partial charge in [0.15, 0.2) is 0 Å². The molecule has 2 rings (SSSR count). The highest BCUT2D eigenvalue weighted by Crippen LogP contribution is 2.39. The van der Waals surface area contributed by atoms with Gasteiger partial charge in [0.1, 0.15) is 0 Å². The predicted molar refractivity (Wildman–Crippen MR) is 62.7 cm³/mol. The Labute approximate surface area is 91.7 Å². The van der Waals surface area contributed by atoms with Gasteiger partial charge in [0, 0.05) is 10.5 Å². The lowest BCUT2D eigenvalue weighted by Gasteiger charge is -2.29. The molecule has 0 aromatic rings. The molecule has 0 amide bonds. The normalized spacial score (nSPS) is 44.1. The summed E-state index contributed by atoms with van der Waals surface area (Å²) in [5.74, 6) is 0.916. The summed E-state index contributed by atoms with van der Waals surface area (Å²) >= 11 is 2.09. The van der Waals surface area contributed by atoms with Gasteiger partial charge in [-0.25, -0.2) is 0 Å². The van der Waals surface area contributed by atoms with Gasteiger partial charge in [-0.15, -0.1) is 0 Å². The minimum atomic E-state index is -0.00256. The van der Waals surface area contributed by atoms with Crippen molar-refractivity contribution in [2.24, 2.45) is 5.92 Å². The van der Waals surface area contributed by atoms with Crippen molar-refractivity contribution < 1.29 is 5.11 Å². The van der Waals surface area contributed by atoms with E-state index in [0.29, 0.717) is 5.25 Å². The van der Waals surface area contributed by atoms with E-state index >= 15 is 0 Å². The van der Waals surface area contributed by atoms with Crippen LogP contribution in [0, 0.1) is 5.92 Å².